The molecule has 0 bridgehead atoms. The topological polar surface area (TPSA) is 21.7 Å². The lowest BCUT2D eigenvalue weighted by molar-refractivity contribution is -0.147. The van der Waals surface area contributed by atoms with Gasteiger partial charge in [0.2, 0.25) is 0 Å². The lowest BCUT2D eigenvalue weighted by Gasteiger charge is -2.38. The van der Waals surface area contributed by atoms with E-state index in [1.54, 1.807) is 14.2 Å². The Morgan fingerprint density at radius 1 is 0.479 bits per heavy atom. The molecule has 7 rings (SSSR count). The van der Waals surface area contributed by atoms with Crippen LogP contribution in [0.15, 0.2) is 109 Å². The van der Waals surface area contributed by atoms with Crippen molar-refractivity contribution in [2.45, 2.75) is 84.3 Å². The van der Waals surface area contributed by atoms with Gasteiger partial charge in [0.15, 0.2) is 0 Å². The summed E-state index contributed by atoms with van der Waals surface area (Å²) in [4.78, 5) is 2.45. The molecular formula is C45H51NO2. The predicted molar refractivity (Wildman–Crippen MR) is 203 cm³/mol. The summed E-state index contributed by atoms with van der Waals surface area (Å²) in [5.74, 6) is 0. The summed E-state index contributed by atoms with van der Waals surface area (Å²) in [6.07, 6.45) is 0. The summed E-state index contributed by atoms with van der Waals surface area (Å²) < 4.78 is 10.5. The largest absolute Gasteiger partial charge is 0.376 e. The highest BCUT2D eigenvalue weighted by molar-refractivity contribution is 5.88. The number of hydrogen-bond acceptors (Lipinski definition) is 3. The van der Waals surface area contributed by atoms with Crippen LogP contribution in [0.2, 0.25) is 0 Å². The molecule has 2 aliphatic rings. The number of ether oxygens (including phenoxy) is 2. The van der Waals surface area contributed by atoms with Crippen LogP contribution in [-0.4, -0.2) is 25.4 Å². The molecule has 0 saturated heterocycles. The molecule has 0 aromatic heterocycles. The quantitative estimate of drug-likeness (QED) is 0.185. The summed E-state index contributed by atoms with van der Waals surface area (Å²) in [7, 11) is 3.39. The van der Waals surface area contributed by atoms with Gasteiger partial charge < -0.3 is 14.4 Å². The van der Waals surface area contributed by atoms with Gasteiger partial charge in [0.1, 0.15) is 0 Å². The van der Waals surface area contributed by atoms with E-state index in [0.717, 1.165) is 0 Å². The van der Waals surface area contributed by atoms with Crippen molar-refractivity contribution in [2.75, 3.05) is 19.1 Å². The number of rotatable bonds is 6. The van der Waals surface area contributed by atoms with E-state index < -0.39 is 0 Å². The second kappa shape index (κ2) is 12.1. The predicted octanol–water partition coefficient (Wildman–Crippen LogP) is 11.9. The van der Waals surface area contributed by atoms with Crippen LogP contribution in [0.3, 0.4) is 0 Å². The molecular weight excluding hydrogens is 587 g/mol. The van der Waals surface area contributed by atoms with Crippen molar-refractivity contribution in [3.05, 3.63) is 137 Å². The number of aryl methyl sites for hydroxylation is 1. The molecule has 0 fully saturated rings. The maximum absolute atomic E-state index is 5.27. The van der Waals surface area contributed by atoms with Gasteiger partial charge in [-0.05, 0) is 115 Å². The van der Waals surface area contributed by atoms with Gasteiger partial charge in [-0.2, -0.15) is 0 Å². The first-order valence-electron chi connectivity index (χ1n) is 17.1. The molecule has 3 heteroatoms. The number of fused-ring (bicyclic) bond motifs is 6. The Morgan fingerprint density at radius 3 is 1.27 bits per heavy atom. The zero-order valence-electron chi connectivity index (χ0n) is 30.7. The maximum Gasteiger partial charge on any atom is 0.0905 e. The zero-order valence-corrected chi connectivity index (χ0v) is 30.7. The molecule has 0 saturated carbocycles. The number of anilines is 3. The van der Waals surface area contributed by atoms with Gasteiger partial charge in [-0.25, -0.2) is 0 Å². The Morgan fingerprint density at radius 2 is 0.854 bits per heavy atom. The van der Waals surface area contributed by atoms with Gasteiger partial charge in [0.05, 0.1) is 11.2 Å². The third kappa shape index (κ3) is 5.38. The Bertz CT molecular complexity index is 1860. The second-order valence-electron chi connectivity index (χ2n) is 15.4. The van der Waals surface area contributed by atoms with Crippen molar-refractivity contribution >= 4 is 17.1 Å². The smallest absolute Gasteiger partial charge is 0.0905 e. The van der Waals surface area contributed by atoms with Crippen LogP contribution in [0, 0.1) is 6.92 Å². The maximum atomic E-state index is 5.27. The van der Waals surface area contributed by atoms with E-state index in [2.05, 4.69) is 149 Å². The number of hydrogen-bond donors (Lipinski definition) is 0. The van der Waals surface area contributed by atoms with E-state index in [4.69, 9.17) is 9.47 Å². The molecule has 0 heterocycles. The monoisotopic (exact) mass is 637 g/mol. The van der Waals surface area contributed by atoms with E-state index in [9.17, 15) is 0 Å². The normalized spacial score (nSPS) is 15.1. The third-order valence-corrected chi connectivity index (χ3v) is 11.5. The molecule has 248 valence electrons. The highest BCUT2D eigenvalue weighted by Gasteiger charge is 2.38. The van der Waals surface area contributed by atoms with Crippen LogP contribution in [0.25, 0.3) is 22.3 Å². The zero-order chi connectivity index (χ0) is 34.6. The van der Waals surface area contributed by atoms with Gasteiger partial charge in [-0.1, -0.05) is 107 Å². The van der Waals surface area contributed by atoms with Crippen LogP contribution in [0.5, 0.6) is 0 Å². The van der Waals surface area contributed by atoms with Gasteiger partial charge in [-0.3, -0.25) is 0 Å². The third-order valence-electron chi connectivity index (χ3n) is 11.5. The highest BCUT2D eigenvalue weighted by atomic mass is 16.5. The molecule has 0 unspecified atom stereocenters. The van der Waals surface area contributed by atoms with Crippen molar-refractivity contribution in [1.82, 2.24) is 0 Å². The van der Waals surface area contributed by atoms with E-state index in [1.807, 2.05) is 27.7 Å². The Balaban J connectivity index is 0.000000351. The fourth-order valence-electron chi connectivity index (χ4n) is 7.40. The van der Waals surface area contributed by atoms with E-state index in [-0.39, 0.29) is 22.0 Å². The van der Waals surface area contributed by atoms with E-state index in [1.165, 1.54) is 67.1 Å². The van der Waals surface area contributed by atoms with Gasteiger partial charge in [0, 0.05) is 42.1 Å². The van der Waals surface area contributed by atoms with Crippen LogP contribution >= 0.6 is 0 Å². The lowest BCUT2D eigenvalue weighted by Crippen LogP contribution is -2.48. The van der Waals surface area contributed by atoms with Crippen molar-refractivity contribution in [3.8, 4) is 22.3 Å². The van der Waals surface area contributed by atoms with Crippen LogP contribution in [0.1, 0.15) is 83.2 Å². The summed E-state index contributed by atoms with van der Waals surface area (Å²) in [5, 5.41) is 0. The lowest BCUT2D eigenvalue weighted by atomic mass is 9.82. The van der Waals surface area contributed by atoms with Gasteiger partial charge in [-0.15, -0.1) is 0 Å². The molecule has 5 aromatic rings. The van der Waals surface area contributed by atoms with Gasteiger partial charge >= 0.3 is 0 Å². The molecule has 0 amide bonds. The summed E-state index contributed by atoms with van der Waals surface area (Å²) in [6.45, 7) is 19.7. The molecule has 5 aromatic carbocycles. The fraction of sp³-hybridized carbons (Fsp3) is 0.333. The molecule has 0 radical (unpaired) electrons. The fourth-order valence-corrected chi connectivity index (χ4v) is 7.40. The van der Waals surface area contributed by atoms with E-state index >= 15 is 0 Å². The standard InChI is InChI=1S/C37H33N.C8H18O2/c1-24-12-6-11-17-35(24)38(25-18-20-29-27-13-7-9-15-31(27)36(2,3)33(29)22-25)26-19-21-30-28-14-8-10-16-32(28)37(4,5)34(30)23-26;1-7(2,9-5)8(3,4)10-6/h6-23H,1-5H3;1-6H3. The first kappa shape index (κ1) is 33.7. The van der Waals surface area contributed by atoms with Crippen LogP contribution in [0.4, 0.5) is 17.1 Å². The molecule has 48 heavy (non-hydrogen) atoms. The molecule has 0 spiro atoms. The van der Waals surface area contributed by atoms with Crippen LogP contribution < -0.4 is 4.90 Å². The molecule has 0 aliphatic heterocycles. The van der Waals surface area contributed by atoms with Crippen LogP contribution in [-0.2, 0) is 20.3 Å². The number of benzene rings is 5. The molecule has 2 aliphatic carbocycles. The second-order valence-corrected chi connectivity index (χ2v) is 15.4. The van der Waals surface area contributed by atoms with Crippen molar-refractivity contribution in [1.29, 1.82) is 0 Å². The first-order valence-corrected chi connectivity index (χ1v) is 17.1. The molecule has 3 nitrogen and oxygen atoms in total. The minimum absolute atomic E-state index is 0.0408. The summed E-state index contributed by atoms with van der Waals surface area (Å²) >= 11 is 0. The van der Waals surface area contributed by atoms with Gasteiger partial charge in [0.25, 0.3) is 0 Å². The summed E-state index contributed by atoms with van der Waals surface area (Å²) in [5.41, 5.74) is 15.4. The number of nitrogens with zero attached hydrogens (tertiary/aromatic N) is 1. The first-order chi connectivity index (χ1) is 22.7. The summed E-state index contributed by atoms with van der Waals surface area (Å²) in [6, 6.07) is 40.6. The number of methoxy groups -OCH3 is 2. The Labute approximate surface area is 288 Å². The molecule has 0 N–H and O–H groups in total. The minimum atomic E-state index is -0.234. The average molecular weight is 638 g/mol. The van der Waals surface area contributed by atoms with Crippen molar-refractivity contribution in [3.63, 3.8) is 0 Å². The minimum Gasteiger partial charge on any atom is -0.376 e. The Kier molecular flexibility index (Phi) is 8.47. The Hall–Kier alpha value is -4.18. The molecule has 0 atom stereocenters. The average Bonchev–Trinajstić information content (AvgIpc) is 3.45. The van der Waals surface area contributed by atoms with E-state index in [0.29, 0.717) is 0 Å². The van der Waals surface area contributed by atoms with Crippen molar-refractivity contribution in [2.24, 2.45) is 0 Å². The van der Waals surface area contributed by atoms with Crippen molar-refractivity contribution < 1.29 is 9.47 Å². The highest BCUT2D eigenvalue weighted by Crippen LogP contribution is 2.53. The SMILES string of the molecule is COC(C)(C)C(C)(C)OC.Cc1ccccc1N(c1ccc2c(c1)C(C)(C)c1ccccc1-2)c1ccc2c(c1)C(C)(C)c1ccccc1-2. The number of para-hydroxylation sites is 1.